The minimum Gasteiger partial charge on any atom is -0.387 e. The molecule has 1 atom stereocenters. The van der Waals surface area contributed by atoms with Gasteiger partial charge < -0.3 is 15.3 Å². The fourth-order valence-electron chi connectivity index (χ4n) is 3.45. The lowest BCUT2D eigenvalue weighted by atomic mass is 10.2. The van der Waals surface area contributed by atoms with E-state index in [-0.39, 0.29) is 35.3 Å². The number of aromatic nitrogens is 2. The molecule has 0 aliphatic carbocycles. The summed E-state index contributed by atoms with van der Waals surface area (Å²) >= 11 is 6.22. The molecule has 1 aromatic carbocycles. The number of halogens is 1. The highest BCUT2D eigenvalue weighted by atomic mass is 35.5. The summed E-state index contributed by atoms with van der Waals surface area (Å²) < 4.78 is 27.6. The van der Waals surface area contributed by atoms with E-state index in [0.717, 1.165) is 0 Å². The van der Waals surface area contributed by atoms with E-state index in [1.807, 2.05) is 4.90 Å². The molecule has 2 aliphatic rings. The number of carbonyl (C=O) groups is 1. The Balaban J connectivity index is 1.49. The Morgan fingerprint density at radius 1 is 1.17 bits per heavy atom. The number of amides is 1. The summed E-state index contributed by atoms with van der Waals surface area (Å²) in [6, 6.07) is 6.44. The zero-order valence-electron chi connectivity index (χ0n) is 15.7. The standard InChI is InChI=1S/C18H20ClN5O4S/c1-11(25)14-2-3-17(22-21-14)23-4-6-24(7-5-23)29(27,28)16-8-12-9-18(26)20-15(12)10-13(16)19/h2-3,8,10-11,25H,4-7,9H2,1H3,(H,20,26). The quantitative estimate of drug-likeness (QED) is 0.737. The third-order valence-electron chi connectivity index (χ3n) is 5.06. The maximum atomic E-state index is 13.1. The van der Waals surface area contributed by atoms with Gasteiger partial charge in [-0.3, -0.25) is 4.79 Å². The highest BCUT2D eigenvalue weighted by Gasteiger charge is 2.32. The molecule has 0 spiro atoms. The van der Waals surface area contributed by atoms with Crippen molar-refractivity contribution in [3.05, 3.63) is 40.5 Å². The van der Waals surface area contributed by atoms with Gasteiger partial charge in [-0.25, -0.2) is 8.42 Å². The van der Waals surface area contributed by atoms with Crippen LogP contribution in [0.25, 0.3) is 0 Å². The van der Waals surface area contributed by atoms with Gasteiger partial charge in [0.15, 0.2) is 5.82 Å². The van der Waals surface area contributed by atoms with E-state index in [1.54, 1.807) is 19.1 Å². The molecule has 0 radical (unpaired) electrons. The van der Waals surface area contributed by atoms with Crippen LogP contribution in [0.1, 0.15) is 24.3 Å². The zero-order chi connectivity index (χ0) is 20.8. The first kappa shape index (κ1) is 20.0. The van der Waals surface area contributed by atoms with Crippen molar-refractivity contribution < 1.29 is 18.3 Å². The first-order chi connectivity index (χ1) is 13.8. The molecule has 9 nitrogen and oxygen atoms in total. The van der Waals surface area contributed by atoms with Crippen molar-refractivity contribution in [2.45, 2.75) is 24.3 Å². The smallest absolute Gasteiger partial charge is 0.244 e. The number of sulfonamides is 1. The molecule has 1 fully saturated rings. The van der Waals surface area contributed by atoms with Gasteiger partial charge in [-0.1, -0.05) is 11.6 Å². The van der Waals surface area contributed by atoms with E-state index in [4.69, 9.17) is 11.6 Å². The molecule has 4 rings (SSSR count). The molecule has 2 aliphatic heterocycles. The lowest BCUT2D eigenvalue weighted by Crippen LogP contribution is -2.49. The van der Waals surface area contributed by atoms with Gasteiger partial charge in [0.25, 0.3) is 0 Å². The van der Waals surface area contributed by atoms with Crippen LogP contribution in [0.3, 0.4) is 0 Å². The minimum absolute atomic E-state index is 0.0175. The number of hydrogen-bond acceptors (Lipinski definition) is 7. The average Bonchev–Trinajstić information content (AvgIpc) is 3.06. The van der Waals surface area contributed by atoms with Gasteiger partial charge in [0.1, 0.15) is 4.90 Å². The SMILES string of the molecule is CC(O)c1ccc(N2CCN(S(=O)(=O)c3cc4c(cc3Cl)NC(=O)C4)CC2)nn1. The fourth-order valence-corrected chi connectivity index (χ4v) is 5.42. The van der Waals surface area contributed by atoms with Crippen molar-refractivity contribution in [1.29, 1.82) is 0 Å². The van der Waals surface area contributed by atoms with Crippen LogP contribution in [0.4, 0.5) is 11.5 Å². The number of aliphatic hydroxyl groups is 1. The van der Waals surface area contributed by atoms with E-state index < -0.39 is 16.1 Å². The molecule has 3 heterocycles. The Kier molecular flexibility index (Phi) is 5.19. The number of benzene rings is 1. The summed E-state index contributed by atoms with van der Waals surface area (Å²) in [5, 5.41) is 20.4. The van der Waals surface area contributed by atoms with Crippen molar-refractivity contribution in [3.8, 4) is 0 Å². The lowest BCUT2D eigenvalue weighted by Gasteiger charge is -2.34. The van der Waals surface area contributed by atoms with Crippen LogP contribution in [-0.4, -0.2) is 60.1 Å². The van der Waals surface area contributed by atoms with E-state index in [9.17, 15) is 18.3 Å². The second kappa shape index (κ2) is 7.52. The molecule has 29 heavy (non-hydrogen) atoms. The minimum atomic E-state index is -3.79. The van der Waals surface area contributed by atoms with Gasteiger partial charge in [-0.2, -0.15) is 9.40 Å². The average molecular weight is 438 g/mol. The largest absolute Gasteiger partial charge is 0.387 e. The van der Waals surface area contributed by atoms with Gasteiger partial charge >= 0.3 is 0 Å². The molecule has 2 N–H and O–H groups in total. The van der Waals surface area contributed by atoms with Crippen molar-refractivity contribution in [2.24, 2.45) is 0 Å². The highest BCUT2D eigenvalue weighted by Crippen LogP contribution is 2.34. The monoisotopic (exact) mass is 437 g/mol. The van der Waals surface area contributed by atoms with E-state index in [0.29, 0.717) is 35.9 Å². The van der Waals surface area contributed by atoms with Crippen LogP contribution in [0.5, 0.6) is 0 Å². The third-order valence-corrected chi connectivity index (χ3v) is 7.43. The van der Waals surface area contributed by atoms with Gasteiger partial charge in [0.2, 0.25) is 15.9 Å². The highest BCUT2D eigenvalue weighted by molar-refractivity contribution is 7.89. The van der Waals surface area contributed by atoms with Gasteiger partial charge in [-0.15, -0.1) is 5.10 Å². The summed E-state index contributed by atoms with van der Waals surface area (Å²) in [6.45, 7) is 3.05. The number of aliphatic hydroxyl groups excluding tert-OH is 1. The van der Waals surface area contributed by atoms with E-state index in [1.165, 1.54) is 16.4 Å². The molecule has 154 valence electrons. The number of hydrogen-bond donors (Lipinski definition) is 2. The van der Waals surface area contributed by atoms with Crippen LogP contribution in [0.2, 0.25) is 5.02 Å². The van der Waals surface area contributed by atoms with Gasteiger partial charge in [-0.05, 0) is 36.8 Å². The van der Waals surface area contributed by atoms with Crippen LogP contribution < -0.4 is 10.2 Å². The zero-order valence-corrected chi connectivity index (χ0v) is 17.2. The van der Waals surface area contributed by atoms with Crippen molar-refractivity contribution >= 4 is 39.0 Å². The number of nitrogens with one attached hydrogen (secondary N) is 1. The molecular weight excluding hydrogens is 418 g/mol. The van der Waals surface area contributed by atoms with Gasteiger partial charge in [0.05, 0.1) is 23.2 Å². The first-order valence-electron chi connectivity index (χ1n) is 9.15. The number of piperazine rings is 1. The summed E-state index contributed by atoms with van der Waals surface area (Å²) in [4.78, 5) is 13.5. The Morgan fingerprint density at radius 3 is 2.52 bits per heavy atom. The van der Waals surface area contributed by atoms with Gasteiger partial charge in [0, 0.05) is 31.9 Å². The van der Waals surface area contributed by atoms with Crippen molar-refractivity contribution in [2.75, 3.05) is 36.4 Å². The summed E-state index contributed by atoms with van der Waals surface area (Å²) in [6.07, 6.45) is -0.551. The van der Waals surface area contributed by atoms with Crippen molar-refractivity contribution in [1.82, 2.24) is 14.5 Å². The molecule has 2 aromatic rings. The predicted molar refractivity (Wildman–Crippen MR) is 107 cm³/mol. The fraction of sp³-hybridized carbons (Fsp3) is 0.389. The number of nitrogens with zero attached hydrogens (tertiary/aromatic N) is 4. The molecule has 11 heteroatoms. The Hall–Kier alpha value is -2.27. The predicted octanol–water partition coefficient (Wildman–Crippen LogP) is 1.19. The summed E-state index contributed by atoms with van der Waals surface area (Å²) in [5.41, 5.74) is 1.67. The number of fused-ring (bicyclic) bond motifs is 1. The number of rotatable bonds is 4. The maximum Gasteiger partial charge on any atom is 0.244 e. The molecular formula is C18H20ClN5O4S. The van der Waals surface area contributed by atoms with Crippen LogP contribution >= 0.6 is 11.6 Å². The maximum absolute atomic E-state index is 13.1. The molecule has 0 saturated carbocycles. The molecule has 1 aromatic heterocycles. The summed E-state index contributed by atoms with van der Waals surface area (Å²) in [7, 11) is -3.79. The Labute approximate surface area is 173 Å². The Bertz CT molecular complexity index is 1050. The van der Waals surface area contributed by atoms with Crippen LogP contribution in [0, 0.1) is 0 Å². The number of anilines is 2. The molecule has 0 bridgehead atoms. The van der Waals surface area contributed by atoms with Crippen LogP contribution in [-0.2, 0) is 21.2 Å². The summed E-state index contributed by atoms with van der Waals surface area (Å²) in [5.74, 6) is 0.452. The van der Waals surface area contributed by atoms with Crippen LogP contribution in [0.15, 0.2) is 29.2 Å². The third kappa shape index (κ3) is 3.80. The van der Waals surface area contributed by atoms with E-state index >= 15 is 0 Å². The number of carbonyl (C=O) groups excluding carboxylic acids is 1. The van der Waals surface area contributed by atoms with Crippen molar-refractivity contribution in [3.63, 3.8) is 0 Å². The lowest BCUT2D eigenvalue weighted by molar-refractivity contribution is -0.115. The Morgan fingerprint density at radius 2 is 1.90 bits per heavy atom. The molecule has 1 unspecified atom stereocenters. The van der Waals surface area contributed by atoms with E-state index in [2.05, 4.69) is 15.5 Å². The molecule has 1 amide bonds. The topological polar surface area (TPSA) is 116 Å². The normalized spacial score (nSPS) is 18.4. The second-order valence-electron chi connectivity index (χ2n) is 7.05. The first-order valence-corrected chi connectivity index (χ1v) is 11.0. The second-order valence-corrected chi connectivity index (χ2v) is 9.36. The molecule has 1 saturated heterocycles.